The third kappa shape index (κ3) is 5.21. The number of fused-ring (bicyclic) bond motifs is 1. The Morgan fingerprint density at radius 1 is 0.386 bits per heavy atom. The molecular weight excluding hydrogens is 536 g/mol. The number of hydrogen-bond donors (Lipinski definition) is 0. The van der Waals surface area contributed by atoms with Crippen LogP contribution in [0.3, 0.4) is 0 Å². The molecule has 0 unspecified atom stereocenters. The number of hydrogen-bond acceptors (Lipinski definition) is 4. The van der Waals surface area contributed by atoms with Crippen molar-refractivity contribution in [3.8, 4) is 68.2 Å². The van der Waals surface area contributed by atoms with E-state index < -0.39 is 0 Å². The normalized spacial score (nSPS) is 10.7. The molecule has 0 aliphatic carbocycles. The Kier molecular flexibility index (Phi) is 6.93. The first-order valence-electron chi connectivity index (χ1n) is 14.3. The lowest BCUT2D eigenvalue weighted by Crippen LogP contribution is -1.95. The zero-order valence-electron chi connectivity index (χ0n) is 23.6. The van der Waals surface area contributed by atoms with Crippen LogP contribution in [0.2, 0.25) is 0 Å². The van der Waals surface area contributed by atoms with Gasteiger partial charge in [0.05, 0.1) is 34.5 Å². The van der Waals surface area contributed by atoms with Crippen molar-refractivity contribution in [3.05, 3.63) is 157 Å². The summed E-state index contributed by atoms with van der Waals surface area (Å²) in [5.41, 5.74) is 11.0. The quantitative estimate of drug-likeness (QED) is 0.210. The van der Waals surface area contributed by atoms with E-state index in [1.807, 2.05) is 36.4 Å². The topological polar surface area (TPSA) is 73.4 Å². The second-order valence-corrected chi connectivity index (χ2v) is 10.5. The highest BCUT2D eigenvalue weighted by atomic mass is 14.9. The average molecular weight is 561 g/mol. The van der Waals surface area contributed by atoms with E-state index in [4.69, 9.17) is 9.97 Å². The van der Waals surface area contributed by atoms with E-state index in [0.717, 1.165) is 50.0 Å². The average Bonchev–Trinajstić information content (AvgIpc) is 3.11. The molecule has 4 heteroatoms. The lowest BCUT2D eigenvalue weighted by Gasteiger charge is -2.11. The van der Waals surface area contributed by atoms with Crippen LogP contribution in [0, 0.1) is 22.7 Å². The molecule has 1 aromatic heterocycles. The van der Waals surface area contributed by atoms with Gasteiger partial charge < -0.3 is 0 Å². The summed E-state index contributed by atoms with van der Waals surface area (Å²) in [6.45, 7) is 0. The number of benzene rings is 6. The standard InChI is InChI=1S/C40H24N4/c41-25-27-22-28(26-42)24-36(23-27)33-12-10-31(11-13-33)32-16-20-35(21-17-32)40-43-38-9-5-4-8-37(38)39(44-40)34-18-14-30(15-19-34)29-6-2-1-3-7-29/h1-24H. The third-order valence-electron chi connectivity index (χ3n) is 7.75. The summed E-state index contributed by atoms with van der Waals surface area (Å²) in [6, 6.07) is 53.0. The monoisotopic (exact) mass is 560 g/mol. The minimum Gasteiger partial charge on any atom is -0.228 e. The molecule has 0 saturated heterocycles. The van der Waals surface area contributed by atoms with E-state index in [9.17, 15) is 10.5 Å². The fourth-order valence-corrected chi connectivity index (χ4v) is 5.47. The van der Waals surface area contributed by atoms with Gasteiger partial charge in [-0.3, -0.25) is 0 Å². The van der Waals surface area contributed by atoms with Crippen molar-refractivity contribution in [1.29, 1.82) is 10.5 Å². The highest BCUT2D eigenvalue weighted by Gasteiger charge is 2.12. The van der Waals surface area contributed by atoms with E-state index in [2.05, 4.69) is 103 Å². The first kappa shape index (κ1) is 26.5. The van der Waals surface area contributed by atoms with Gasteiger partial charge in [-0.15, -0.1) is 0 Å². The van der Waals surface area contributed by atoms with Crippen LogP contribution in [0.1, 0.15) is 11.1 Å². The lowest BCUT2D eigenvalue weighted by molar-refractivity contribution is 1.23. The number of para-hydroxylation sites is 1. The van der Waals surface area contributed by atoms with E-state index in [1.54, 1.807) is 18.2 Å². The minimum atomic E-state index is 0.474. The van der Waals surface area contributed by atoms with Crippen molar-refractivity contribution in [3.63, 3.8) is 0 Å². The van der Waals surface area contributed by atoms with Crippen molar-refractivity contribution in [2.24, 2.45) is 0 Å². The molecule has 0 spiro atoms. The molecule has 0 aliphatic heterocycles. The summed E-state index contributed by atoms with van der Waals surface area (Å²) in [4.78, 5) is 9.98. The molecule has 204 valence electrons. The Hall–Kier alpha value is -6.36. The fraction of sp³-hybridized carbons (Fsp3) is 0. The molecule has 0 aliphatic rings. The van der Waals surface area contributed by atoms with Crippen molar-refractivity contribution in [1.82, 2.24) is 9.97 Å². The van der Waals surface area contributed by atoms with Gasteiger partial charge in [-0.25, -0.2) is 9.97 Å². The van der Waals surface area contributed by atoms with Gasteiger partial charge in [0.2, 0.25) is 0 Å². The highest BCUT2D eigenvalue weighted by Crippen LogP contribution is 2.32. The maximum atomic E-state index is 9.33. The summed E-state index contributed by atoms with van der Waals surface area (Å²) in [5.74, 6) is 0.679. The maximum absolute atomic E-state index is 9.33. The van der Waals surface area contributed by atoms with Crippen LogP contribution < -0.4 is 0 Å². The maximum Gasteiger partial charge on any atom is 0.160 e. The number of aromatic nitrogens is 2. The second-order valence-electron chi connectivity index (χ2n) is 10.5. The Balaban J connectivity index is 1.19. The molecule has 0 saturated carbocycles. The summed E-state index contributed by atoms with van der Waals surface area (Å²) in [6.07, 6.45) is 0. The number of nitrogens with zero attached hydrogens (tertiary/aromatic N) is 4. The zero-order chi connectivity index (χ0) is 29.9. The molecule has 7 aromatic rings. The van der Waals surface area contributed by atoms with Gasteiger partial charge >= 0.3 is 0 Å². The molecular formula is C40H24N4. The van der Waals surface area contributed by atoms with E-state index in [-0.39, 0.29) is 0 Å². The van der Waals surface area contributed by atoms with Crippen LogP contribution in [-0.4, -0.2) is 9.97 Å². The van der Waals surface area contributed by atoms with E-state index in [0.29, 0.717) is 17.0 Å². The summed E-state index contributed by atoms with van der Waals surface area (Å²) in [5, 5.41) is 19.7. The van der Waals surface area contributed by atoms with Crippen molar-refractivity contribution in [2.45, 2.75) is 0 Å². The Morgan fingerprint density at radius 3 is 1.41 bits per heavy atom. The van der Waals surface area contributed by atoms with Crippen molar-refractivity contribution >= 4 is 10.9 Å². The van der Waals surface area contributed by atoms with Crippen LogP contribution in [-0.2, 0) is 0 Å². The number of nitriles is 2. The molecule has 1 heterocycles. The molecule has 6 aromatic carbocycles. The lowest BCUT2D eigenvalue weighted by atomic mass is 9.97. The van der Waals surface area contributed by atoms with Gasteiger partial charge in [0.15, 0.2) is 5.82 Å². The molecule has 0 bridgehead atoms. The van der Waals surface area contributed by atoms with Gasteiger partial charge in [0.1, 0.15) is 0 Å². The van der Waals surface area contributed by atoms with Gasteiger partial charge in [-0.05, 0) is 57.6 Å². The predicted octanol–water partition coefficient (Wildman–Crippen LogP) is 9.71. The molecule has 0 radical (unpaired) electrons. The van der Waals surface area contributed by atoms with E-state index >= 15 is 0 Å². The molecule has 4 nitrogen and oxygen atoms in total. The fourth-order valence-electron chi connectivity index (χ4n) is 5.47. The van der Waals surface area contributed by atoms with Crippen LogP contribution >= 0.6 is 0 Å². The Labute approximate surface area is 255 Å². The predicted molar refractivity (Wildman–Crippen MR) is 176 cm³/mol. The minimum absolute atomic E-state index is 0.474. The molecule has 0 atom stereocenters. The highest BCUT2D eigenvalue weighted by molar-refractivity contribution is 5.94. The summed E-state index contributed by atoms with van der Waals surface area (Å²) >= 11 is 0. The smallest absolute Gasteiger partial charge is 0.160 e. The van der Waals surface area contributed by atoms with Crippen molar-refractivity contribution < 1.29 is 0 Å². The molecule has 0 fully saturated rings. The SMILES string of the molecule is N#Cc1cc(C#N)cc(-c2ccc(-c3ccc(-c4nc(-c5ccc(-c6ccccc6)cc5)c5ccccc5n4)cc3)cc2)c1. The summed E-state index contributed by atoms with van der Waals surface area (Å²) < 4.78 is 0. The summed E-state index contributed by atoms with van der Waals surface area (Å²) in [7, 11) is 0. The Morgan fingerprint density at radius 2 is 0.841 bits per heavy atom. The number of rotatable bonds is 5. The zero-order valence-corrected chi connectivity index (χ0v) is 23.6. The van der Waals surface area contributed by atoms with Gasteiger partial charge in [0, 0.05) is 16.5 Å². The van der Waals surface area contributed by atoms with Gasteiger partial charge in [-0.1, -0.05) is 121 Å². The largest absolute Gasteiger partial charge is 0.228 e. The second kappa shape index (κ2) is 11.5. The molecule has 7 rings (SSSR count). The van der Waals surface area contributed by atoms with Crippen LogP contribution in [0.25, 0.3) is 66.9 Å². The Bertz CT molecular complexity index is 2170. The van der Waals surface area contributed by atoms with Crippen LogP contribution in [0.4, 0.5) is 0 Å². The first-order chi connectivity index (χ1) is 21.7. The van der Waals surface area contributed by atoms with Gasteiger partial charge in [-0.2, -0.15) is 10.5 Å². The molecule has 0 N–H and O–H groups in total. The third-order valence-corrected chi connectivity index (χ3v) is 7.75. The van der Waals surface area contributed by atoms with E-state index in [1.165, 1.54) is 11.1 Å². The first-order valence-corrected chi connectivity index (χ1v) is 14.3. The molecule has 44 heavy (non-hydrogen) atoms. The van der Waals surface area contributed by atoms with Gasteiger partial charge in [0.25, 0.3) is 0 Å². The van der Waals surface area contributed by atoms with Crippen LogP contribution in [0.5, 0.6) is 0 Å². The van der Waals surface area contributed by atoms with Crippen LogP contribution in [0.15, 0.2) is 146 Å². The van der Waals surface area contributed by atoms with Crippen molar-refractivity contribution in [2.75, 3.05) is 0 Å². The molecule has 0 amide bonds.